The topological polar surface area (TPSA) is 63.9 Å². The molecule has 1 aromatic heterocycles. The maximum Gasteiger partial charge on any atom is 0.250 e. The molecule has 0 aliphatic heterocycles. The van der Waals surface area contributed by atoms with Crippen molar-refractivity contribution in [3.8, 4) is 11.4 Å². The lowest BCUT2D eigenvalue weighted by atomic mass is 10.1. The molecule has 0 saturated heterocycles. The zero-order chi connectivity index (χ0) is 18.5. The van der Waals surface area contributed by atoms with Crippen molar-refractivity contribution in [2.24, 2.45) is 0 Å². The van der Waals surface area contributed by atoms with Crippen LogP contribution in [0.5, 0.6) is 0 Å². The summed E-state index contributed by atoms with van der Waals surface area (Å²) < 4.78 is 13.1. The molecule has 7 heteroatoms. The predicted molar refractivity (Wildman–Crippen MR) is 97.1 cm³/mol. The third-order valence-electron chi connectivity index (χ3n) is 4.11. The van der Waals surface area contributed by atoms with Gasteiger partial charge in [-0.15, -0.1) is 10.2 Å². The molecule has 0 bridgehead atoms. The van der Waals surface area contributed by atoms with Gasteiger partial charge in [0, 0.05) is 17.8 Å². The van der Waals surface area contributed by atoms with Crippen LogP contribution in [0.2, 0.25) is 0 Å². The van der Waals surface area contributed by atoms with E-state index in [0.29, 0.717) is 18.1 Å². The number of benzene rings is 2. The fourth-order valence-electron chi connectivity index (χ4n) is 2.65. The van der Waals surface area contributed by atoms with Gasteiger partial charge >= 0.3 is 0 Å². The highest BCUT2D eigenvalue weighted by atomic mass is 19.1. The maximum absolute atomic E-state index is 13.1. The molecule has 6 nitrogen and oxygen atoms in total. The molecule has 1 amide bonds. The van der Waals surface area contributed by atoms with Crippen molar-refractivity contribution < 1.29 is 9.18 Å². The molecule has 3 rings (SSSR count). The summed E-state index contributed by atoms with van der Waals surface area (Å²) in [5.41, 5.74) is 2.72. The summed E-state index contributed by atoms with van der Waals surface area (Å²) >= 11 is 0. The largest absolute Gasteiger partial charge is 0.311 e. The molecule has 3 aromatic rings. The molecule has 0 N–H and O–H groups in total. The van der Waals surface area contributed by atoms with Crippen LogP contribution in [-0.2, 0) is 17.8 Å². The van der Waals surface area contributed by atoms with Gasteiger partial charge < -0.3 is 4.90 Å². The minimum absolute atomic E-state index is 0.0364. The van der Waals surface area contributed by atoms with E-state index in [2.05, 4.69) is 22.3 Å². The summed E-state index contributed by atoms with van der Waals surface area (Å²) in [5.74, 6) is -0.0522. The number of likely N-dealkylation sites (N-methyl/N-ethyl adjacent to an activating group) is 1. The first-order valence-electron chi connectivity index (χ1n) is 8.53. The zero-order valence-corrected chi connectivity index (χ0v) is 14.8. The summed E-state index contributed by atoms with van der Waals surface area (Å²) in [7, 11) is 0. The van der Waals surface area contributed by atoms with Crippen molar-refractivity contribution in [1.82, 2.24) is 20.2 Å². The number of anilines is 1. The van der Waals surface area contributed by atoms with E-state index in [0.717, 1.165) is 12.0 Å². The number of aryl methyl sites for hydroxylation is 1. The van der Waals surface area contributed by atoms with Gasteiger partial charge in [0.15, 0.2) is 0 Å². The van der Waals surface area contributed by atoms with Crippen LogP contribution >= 0.6 is 0 Å². The SMILES string of the molecule is CCc1ccc(-c2nnn(CC(=O)N(CC)c3ccc(F)cc3)n2)cc1. The number of aromatic nitrogens is 4. The molecule has 0 aliphatic carbocycles. The number of nitrogens with zero attached hydrogens (tertiary/aromatic N) is 5. The summed E-state index contributed by atoms with van der Waals surface area (Å²) in [6.45, 7) is 4.38. The standard InChI is InChI=1S/C19H20FN5O/c1-3-14-5-7-15(8-6-14)19-21-23-25(22-19)13-18(26)24(4-2)17-11-9-16(20)10-12-17/h5-12H,3-4,13H2,1-2H3. The highest BCUT2D eigenvalue weighted by Crippen LogP contribution is 2.16. The summed E-state index contributed by atoms with van der Waals surface area (Å²) in [6.07, 6.45) is 0.963. The molecule has 1 heterocycles. The molecule has 134 valence electrons. The third-order valence-corrected chi connectivity index (χ3v) is 4.11. The lowest BCUT2D eigenvalue weighted by Gasteiger charge is -2.20. The van der Waals surface area contributed by atoms with Crippen molar-refractivity contribution in [3.63, 3.8) is 0 Å². The van der Waals surface area contributed by atoms with Gasteiger partial charge in [0.05, 0.1) is 0 Å². The van der Waals surface area contributed by atoms with Crippen LogP contribution in [0, 0.1) is 5.82 Å². The smallest absolute Gasteiger partial charge is 0.250 e. The Morgan fingerprint density at radius 3 is 2.38 bits per heavy atom. The first kappa shape index (κ1) is 17.7. The number of carbonyl (C=O) groups excluding carboxylic acids is 1. The van der Waals surface area contributed by atoms with E-state index in [1.807, 2.05) is 31.2 Å². The number of hydrogen-bond acceptors (Lipinski definition) is 4. The van der Waals surface area contributed by atoms with E-state index in [4.69, 9.17) is 0 Å². The first-order valence-corrected chi connectivity index (χ1v) is 8.53. The fraction of sp³-hybridized carbons (Fsp3) is 0.263. The summed E-state index contributed by atoms with van der Waals surface area (Å²) in [4.78, 5) is 15.4. The number of hydrogen-bond donors (Lipinski definition) is 0. The second-order valence-corrected chi connectivity index (χ2v) is 5.81. The molecule has 0 fully saturated rings. The van der Waals surface area contributed by atoms with Gasteiger partial charge in [-0.2, -0.15) is 4.80 Å². The molecule has 0 spiro atoms. The average Bonchev–Trinajstić information content (AvgIpc) is 3.12. The Morgan fingerprint density at radius 2 is 1.77 bits per heavy atom. The Balaban J connectivity index is 1.72. The van der Waals surface area contributed by atoms with E-state index in [-0.39, 0.29) is 18.3 Å². The third kappa shape index (κ3) is 3.93. The van der Waals surface area contributed by atoms with Crippen LogP contribution in [0.4, 0.5) is 10.1 Å². The summed E-state index contributed by atoms with van der Waals surface area (Å²) in [6, 6.07) is 13.7. The Labute approximate surface area is 151 Å². The van der Waals surface area contributed by atoms with Crippen molar-refractivity contribution in [3.05, 3.63) is 59.9 Å². The maximum atomic E-state index is 13.1. The van der Waals surface area contributed by atoms with Gasteiger partial charge in [-0.05, 0) is 48.4 Å². The van der Waals surface area contributed by atoms with Gasteiger partial charge in [0.1, 0.15) is 12.4 Å². The van der Waals surface area contributed by atoms with E-state index >= 15 is 0 Å². The van der Waals surface area contributed by atoms with Crippen LogP contribution < -0.4 is 4.90 Å². The minimum atomic E-state index is -0.339. The van der Waals surface area contributed by atoms with E-state index in [1.54, 1.807) is 17.0 Å². The first-order chi connectivity index (χ1) is 12.6. The van der Waals surface area contributed by atoms with Crippen molar-refractivity contribution in [1.29, 1.82) is 0 Å². The number of carbonyl (C=O) groups is 1. The Hall–Kier alpha value is -3.09. The molecular weight excluding hydrogens is 333 g/mol. The molecule has 2 aromatic carbocycles. The Bertz CT molecular complexity index is 874. The van der Waals surface area contributed by atoms with Gasteiger partial charge in [-0.3, -0.25) is 4.79 Å². The second kappa shape index (κ2) is 7.86. The lowest BCUT2D eigenvalue weighted by molar-refractivity contribution is -0.119. The monoisotopic (exact) mass is 353 g/mol. The van der Waals surface area contributed by atoms with Crippen molar-refractivity contribution in [2.75, 3.05) is 11.4 Å². The number of halogens is 1. The Morgan fingerprint density at radius 1 is 1.08 bits per heavy atom. The number of tetrazole rings is 1. The van der Waals surface area contributed by atoms with Gasteiger partial charge in [0.2, 0.25) is 5.82 Å². The molecule has 0 atom stereocenters. The highest BCUT2D eigenvalue weighted by Gasteiger charge is 2.16. The average molecular weight is 353 g/mol. The Kier molecular flexibility index (Phi) is 5.36. The van der Waals surface area contributed by atoms with E-state index in [1.165, 1.54) is 22.5 Å². The molecular formula is C19H20FN5O. The lowest BCUT2D eigenvalue weighted by Crippen LogP contribution is -2.34. The summed E-state index contributed by atoms with van der Waals surface area (Å²) in [5, 5.41) is 12.3. The zero-order valence-electron chi connectivity index (χ0n) is 14.8. The van der Waals surface area contributed by atoms with E-state index < -0.39 is 0 Å². The molecule has 26 heavy (non-hydrogen) atoms. The van der Waals surface area contributed by atoms with Crippen molar-refractivity contribution in [2.45, 2.75) is 26.8 Å². The van der Waals surface area contributed by atoms with Crippen LogP contribution in [0.15, 0.2) is 48.5 Å². The second-order valence-electron chi connectivity index (χ2n) is 5.81. The van der Waals surface area contributed by atoms with Crippen LogP contribution in [-0.4, -0.2) is 32.7 Å². The van der Waals surface area contributed by atoms with Crippen molar-refractivity contribution >= 4 is 11.6 Å². The fourth-order valence-corrected chi connectivity index (χ4v) is 2.65. The predicted octanol–water partition coefficient (Wildman–Crippen LogP) is 3.09. The normalized spacial score (nSPS) is 10.7. The number of amides is 1. The van der Waals surface area contributed by atoms with Crippen LogP contribution in [0.3, 0.4) is 0 Å². The highest BCUT2D eigenvalue weighted by molar-refractivity contribution is 5.92. The van der Waals surface area contributed by atoms with Gasteiger partial charge in [0.25, 0.3) is 5.91 Å². The van der Waals surface area contributed by atoms with Gasteiger partial charge in [-0.1, -0.05) is 31.2 Å². The minimum Gasteiger partial charge on any atom is -0.311 e. The quantitative estimate of drug-likeness (QED) is 0.683. The van der Waals surface area contributed by atoms with Gasteiger partial charge in [-0.25, -0.2) is 4.39 Å². The number of rotatable bonds is 6. The molecule has 0 saturated carbocycles. The van der Waals surface area contributed by atoms with Crippen LogP contribution in [0.25, 0.3) is 11.4 Å². The van der Waals surface area contributed by atoms with E-state index in [9.17, 15) is 9.18 Å². The van der Waals surface area contributed by atoms with Crippen LogP contribution in [0.1, 0.15) is 19.4 Å². The molecule has 0 unspecified atom stereocenters. The molecule has 0 radical (unpaired) electrons. The molecule has 0 aliphatic rings.